The van der Waals surface area contributed by atoms with Crippen molar-refractivity contribution in [1.82, 2.24) is 5.32 Å². The summed E-state index contributed by atoms with van der Waals surface area (Å²) in [5.74, 6) is -0.0615. The SMILES string of the molecule is CCNCC(O)c1ccc(O)c2c1OCC(=O)N2.Cl. The summed E-state index contributed by atoms with van der Waals surface area (Å²) in [6, 6.07) is 3.02. The third-order valence-electron chi connectivity index (χ3n) is 2.72. The number of aliphatic hydroxyl groups excluding tert-OH is 1. The molecule has 0 bridgehead atoms. The number of amides is 1. The highest BCUT2D eigenvalue weighted by Crippen LogP contribution is 2.41. The van der Waals surface area contributed by atoms with Crippen molar-refractivity contribution >= 4 is 24.0 Å². The number of carbonyl (C=O) groups is 1. The summed E-state index contributed by atoms with van der Waals surface area (Å²) in [4.78, 5) is 11.2. The summed E-state index contributed by atoms with van der Waals surface area (Å²) in [5.41, 5.74) is 0.767. The van der Waals surface area contributed by atoms with Gasteiger partial charge in [-0.05, 0) is 18.7 Å². The minimum Gasteiger partial charge on any atom is -0.506 e. The number of hydrogen-bond donors (Lipinski definition) is 4. The number of rotatable bonds is 4. The second kappa shape index (κ2) is 6.60. The van der Waals surface area contributed by atoms with Crippen molar-refractivity contribution in [2.45, 2.75) is 13.0 Å². The van der Waals surface area contributed by atoms with E-state index in [1.54, 1.807) is 6.07 Å². The zero-order valence-corrected chi connectivity index (χ0v) is 11.3. The van der Waals surface area contributed by atoms with Crippen LogP contribution in [0.2, 0.25) is 0 Å². The molecule has 19 heavy (non-hydrogen) atoms. The van der Waals surface area contributed by atoms with Crippen LogP contribution in [0.4, 0.5) is 5.69 Å². The van der Waals surface area contributed by atoms with Gasteiger partial charge in [0.2, 0.25) is 0 Å². The van der Waals surface area contributed by atoms with E-state index in [9.17, 15) is 15.0 Å². The van der Waals surface area contributed by atoms with Crippen molar-refractivity contribution in [3.63, 3.8) is 0 Å². The molecular formula is C12H17ClN2O4. The van der Waals surface area contributed by atoms with Gasteiger partial charge in [-0.25, -0.2) is 0 Å². The van der Waals surface area contributed by atoms with Gasteiger partial charge in [-0.2, -0.15) is 0 Å². The van der Waals surface area contributed by atoms with Crippen molar-refractivity contribution in [1.29, 1.82) is 0 Å². The van der Waals surface area contributed by atoms with Gasteiger partial charge in [0.1, 0.15) is 11.4 Å². The standard InChI is InChI=1S/C12H16N2O4.ClH/c1-2-13-5-9(16)7-3-4-8(15)11-12(7)18-6-10(17)14-11;/h3-4,9,13,15-16H,2,5-6H2,1H3,(H,14,17);1H. The average Bonchev–Trinajstić information content (AvgIpc) is 2.37. The Bertz CT molecular complexity index is 467. The third kappa shape index (κ3) is 3.28. The van der Waals surface area contributed by atoms with Crippen LogP contribution >= 0.6 is 12.4 Å². The number of aromatic hydroxyl groups is 1. The number of halogens is 1. The van der Waals surface area contributed by atoms with Gasteiger partial charge in [-0.3, -0.25) is 4.79 Å². The van der Waals surface area contributed by atoms with Crippen LogP contribution in [0.3, 0.4) is 0 Å². The van der Waals surface area contributed by atoms with E-state index in [1.807, 2.05) is 6.92 Å². The number of likely N-dealkylation sites (N-methyl/N-ethyl adjacent to an activating group) is 1. The molecule has 2 rings (SSSR count). The van der Waals surface area contributed by atoms with Gasteiger partial charge < -0.3 is 25.6 Å². The highest BCUT2D eigenvalue weighted by atomic mass is 35.5. The molecule has 0 saturated carbocycles. The van der Waals surface area contributed by atoms with Crippen LogP contribution in [0, 0.1) is 0 Å². The van der Waals surface area contributed by atoms with E-state index < -0.39 is 6.10 Å². The van der Waals surface area contributed by atoms with Gasteiger partial charge in [0.15, 0.2) is 12.4 Å². The Labute approximate surface area is 117 Å². The first-order valence-electron chi connectivity index (χ1n) is 5.80. The highest BCUT2D eigenvalue weighted by molar-refractivity contribution is 5.97. The van der Waals surface area contributed by atoms with Crippen molar-refractivity contribution in [2.75, 3.05) is 25.0 Å². The fourth-order valence-electron chi connectivity index (χ4n) is 1.83. The van der Waals surface area contributed by atoms with Crippen LogP contribution in [0.15, 0.2) is 12.1 Å². The summed E-state index contributed by atoms with van der Waals surface area (Å²) in [7, 11) is 0. The molecule has 0 radical (unpaired) electrons. The van der Waals surface area contributed by atoms with Crippen molar-refractivity contribution in [3.8, 4) is 11.5 Å². The Morgan fingerprint density at radius 3 is 2.95 bits per heavy atom. The molecule has 6 nitrogen and oxygen atoms in total. The number of phenols is 1. The zero-order chi connectivity index (χ0) is 13.1. The summed E-state index contributed by atoms with van der Waals surface area (Å²) >= 11 is 0. The number of aliphatic hydroxyl groups is 1. The fraction of sp³-hybridized carbons (Fsp3) is 0.417. The molecule has 7 heteroatoms. The molecule has 1 unspecified atom stereocenters. The maximum Gasteiger partial charge on any atom is 0.262 e. The molecule has 0 spiro atoms. The van der Waals surface area contributed by atoms with E-state index in [4.69, 9.17) is 4.74 Å². The van der Waals surface area contributed by atoms with Crippen LogP contribution in [0.25, 0.3) is 0 Å². The number of nitrogens with one attached hydrogen (secondary N) is 2. The van der Waals surface area contributed by atoms with Crippen LogP contribution < -0.4 is 15.4 Å². The Morgan fingerprint density at radius 1 is 1.53 bits per heavy atom. The minimum atomic E-state index is -0.755. The maximum atomic E-state index is 11.2. The number of benzene rings is 1. The Balaban J connectivity index is 0.00000180. The first-order valence-corrected chi connectivity index (χ1v) is 5.80. The smallest absolute Gasteiger partial charge is 0.262 e. The molecular weight excluding hydrogens is 272 g/mol. The van der Waals surface area contributed by atoms with Crippen molar-refractivity contribution in [2.24, 2.45) is 0 Å². The van der Waals surface area contributed by atoms with Gasteiger partial charge in [0.25, 0.3) is 5.91 Å². The summed E-state index contributed by atoms with van der Waals surface area (Å²) in [6.45, 7) is 2.95. The molecule has 0 saturated heterocycles. The van der Waals surface area contributed by atoms with Crippen molar-refractivity contribution < 1.29 is 19.7 Å². The van der Waals surface area contributed by atoms with Gasteiger partial charge in [0.05, 0.1) is 6.10 Å². The largest absolute Gasteiger partial charge is 0.506 e. The first-order chi connectivity index (χ1) is 8.63. The molecule has 0 fully saturated rings. The van der Waals surface area contributed by atoms with Crippen LogP contribution in [-0.4, -0.2) is 35.8 Å². The fourth-order valence-corrected chi connectivity index (χ4v) is 1.83. The van der Waals surface area contributed by atoms with Crippen LogP contribution in [-0.2, 0) is 4.79 Å². The summed E-state index contributed by atoms with van der Waals surface area (Å²) in [5, 5.41) is 25.2. The Hall–Kier alpha value is -1.50. The molecule has 0 aliphatic carbocycles. The molecule has 1 heterocycles. The minimum absolute atomic E-state index is 0. The molecule has 1 aliphatic heterocycles. The monoisotopic (exact) mass is 288 g/mol. The van der Waals surface area contributed by atoms with E-state index in [1.165, 1.54) is 6.07 Å². The maximum absolute atomic E-state index is 11.2. The molecule has 1 aromatic rings. The van der Waals surface area contributed by atoms with Gasteiger partial charge in [-0.1, -0.05) is 6.92 Å². The number of anilines is 1. The van der Waals surface area contributed by atoms with Gasteiger partial charge in [-0.15, -0.1) is 12.4 Å². The average molecular weight is 289 g/mol. The lowest BCUT2D eigenvalue weighted by molar-refractivity contribution is -0.118. The highest BCUT2D eigenvalue weighted by Gasteiger charge is 2.25. The van der Waals surface area contributed by atoms with Crippen LogP contribution in [0.5, 0.6) is 11.5 Å². The molecule has 1 atom stereocenters. The van der Waals surface area contributed by atoms with Crippen LogP contribution in [0.1, 0.15) is 18.6 Å². The Kier molecular flexibility index (Phi) is 5.41. The summed E-state index contributed by atoms with van der Waals surface area (Å²) in [6.07, 6.45) is -0.755. The lowest BCUT2D eigenvalue weighted by atomic mass is 10.1. The van der Waals surface area contributed by atoms with E-state index in [0.717, 1.165) is 6.54 Å². The predicted octanol–water partition coefficient (Wildman–Crippen LogP) is 0.788. The summed E-state index contributed by atoms with van der Waals surface area (Å²) < 4.78 is 5.29. The number of ether oxygens (including phenoxy) is 1. The van der Waals surface area contributed by atoms with E-state index in [0.29, 0.717) is 17.9 Å². The zero-order valence-electron chi connectivity index (χ0n) is 10.5. The van der Waals surface area contributed by atoms with E-state index >= 15 is 0 Å². The number of carbonyl (C=O) groups excluding carboxylic acids is 1. The molecule has 1 aromatic carbocycles. The second-order valence-electron chi connectivity index (χ2n) is 4.04. The Morgan fingerprint density at radius 2 is 2.26 bits per heavy atom. The molecule has 1 amide bonds. The van der Waals surface area contributed by atoms with Crippen molar-refractivity contribution in [3.05, 3.63) is 17.7 Å². The van der Waals surface area contributed by atoms with Gasteiger partial charge in [0, 0.05) is 12.1 Å². The van der Waals surface area contributed by atoms with Gasteiger partial charge >= 0.3 is 0 Å². The molecule has 4 N–H and O–H groups in total. The normalized spacial score (nSPS) is 14.7. The lowest BCUT2D eigenvalue weighted by Crippen LogP contribution is -2.27. The molecule has 0 aromatic heterocycles. The second-order valence-corrected chi connectivity index (χ2v) is 4.04. The molecule has 106 valence electrons. The number of hydrogen-bond acceptors (Lipinski definition) is 5. The quantitative estimate of drug-likeness (QED) is 0.615. The first kappa shape index (κ1) is 15.6. The predicted molar refractivity (Wildman–Crippen MR) is 73.0 cm³/mol. The number of phenolic OH excluding ortho intramolecular Hbond substituents is 1. The molecule has 1 aliphatic rings. The van der Waals surface area contributed by atoms with E-state index in [2.05, 4.69) is 10.6 Å². The lowest BCUT2D eigenvalue weighted by Gasteiger charge is -2.23. The third-order valence-corrected chi connectivity index (χ3v) is 2.72. The van der Waals surface area contributed by atoms with E-state index in [-0.39, 0.29) is 36.4 Å². The topological polar surface area (TPSA) is 90.8 Å². The number of fused-ring (bicyclic) bond motifs is 1.